The van der Waals surface area contributed by atoms with E-state index in [1.165, 1.54) is 4.31 Å². The van der Waals surface area contributed by atoms with Gasteiger partial charge in [-0.05, 0) is 39.8 Å². The molecule has 2 heterocycles. The molecule has 2 rings (SSSR count). The first-order valence-corrected chi connectivity index (χ1v) is 8.86. The van der Waals surface area contributed by atoms with E-state index in [0.29, 0.717) is 32.6 Å². The number of hydrogen-bond acceptors (Lipinski definition) is 4. The van der Waals surface area contributed by atoms with Crippen molar-refractivity contribution >= 4 is 10.2 Å². The van der Waals surface area contributed by atoms with Crippen molar-refractivity contribution < 1.29 is 13.5 Å². The SMILES string of the molecule is CN(C)CC1(O)CCCN(S(=O)(=O)N2CCCCC2)C1. The van der Waals surface area contributed by atoms with Crippen LogP contribution in [-0.4, -0.2) is 79.5 Å². The molecule has 0 aromatic carbocycles. The average Bonchev–Trinajstić information content (AvgIpc) is 2.38. The molecule has 1 atom stereocenters. The van der Waals surface area contributed by atoms with Gasteiger partial charge in [-0.2, -0.15) is 17.0 Å². The zero-order valence-corrected chi connectivity index (χ0v) is 13.4. The second kappa shape index (κ2) is 6.27. The quantitative estimate of drug-likeness (QED) is 0.800. The lowest BCUT2D eigenvalue weighted by atomic mass is 9.94. The Morgan fingerprint density at radius 2 is 1.65 bits per heavy atom. The van der Waals surface area contributed by atoms with Crippen molar-refractivity contribution in [1.82, 2.24) is 13.5 Å². The molecule has 0 spiro atoms. The predicted octanol–water partition coefficient (Wildman–Crippen LogP) is 0.106. The maximum Gasteiger partial charge on any atom is 0.282 e. The van der Waals surface area contributed by atoms with Crippen molar-refractivity contribution in [3.8, 4) is 0 Å². The van der Waals surface area contributed by atoms with Gasteiger partial charge in [0.25, 0.3) is 10.2 Å². The minimum atomic E-state index is -3.40. The molecular weight excluding hydrogens is 278 g/mol. The molecule has 2 aliphatic rings. The molecule has 2 fully saturated rings. The normalized spacial score (nSPS) is 30.8. The van der Waals surface area contributed by atoms with Crippen LogP contribution >= 0.6 is 0 Å². The lowest BCUT2D eigenvalue weighted by molar-refractivity contribution is -0.0270. The average molecular weight is 305 g/mol. The summed E-state index contributed by atoms with van der Waals surface area (Å²) < 4.78 is 28.3. The summed E-state index contributed by atoms with van der Waals surface area (Å²) in [5.74, 6) is 0. The van der Waals surface area contributed by atoms with Crippen molar-refractivity contribution in [2.75, 3.05) is 46.8 Å². The minimum Gasteiger partial charge on any atom is -0.387 e. The van der Waals surface area contributed by atoms with E-state index < -0.39 is 15.8 Å². The van der Waals surface area contributed by atoms with Crippen molar-refractivity contribution in [2.45, 2.75) is 37.7 Å². The summed E-state index contributed by atoms with van der Waals surface area (Å²) in [5.41, 5.74) is -0.926. The van der Waals surface area contributed by atoms with Gasteiger partial charge in [0.2, 0.25) is 0 Å². The molecule has 0 bridgehead atoms. The highest BCUT2D eigenvalue weighted by molar-refractivity contribution is 7.86. The number of nitrogens with zero attached hydrogens (tertiary/aromatic N) is 3. The van der Waals surface area contributed by atoms with Gasteiger partial charge in [0.1, 0.15) is 0 Å². The van der Waals surface area contributed by atoms with Crippen LogP contribution in [-0.2, 0) is 10.2 Å². The first-order chi connectivity index (χ1) is 9.33. The van der Waals surface area contributed by atoms with Gasteiger partial charge in [-0.25, -0.2) is 0 Å². The fourth-order valence-corrected chi connectivity index (χ4v) is 5.05. The predicted molar refractivity (Wildman–Crippen MR) is 78.7 cm³/mol. The third kappa shape index (κ3) is 3.71. The van der Waals surface area contributed by atoms with Gasteiger partial charge in [0, 0.05) is 32.7 Å². The van der Waals surface area contributed by atoms with E-state index >= 15 is 0 Å². The summed E-state index contributed by atoms with van der Waals surface area (Å²) in [5, 5.41) is 10.6. The third-order valence-electron chi connectivity index (χ3n) is 4.10. The van der Waals surface area contributed by atoms with Crippen LogP contribution in [0.25, 0.3) is 0 Å². The van der Waals surface area contributed by atoms with Gasteiger partial charge < -0.3 is 10.0 Å². The van der Waals surface area contributed by atoms with Crippen LogP contribution in [0.1, 0.15) is 32.1 Å². The molecule has 7 heteroatoms. The lowest BCUT2D eigenvalue weighted by Gasteiger charge is -2.42. The van der Waals surface area contributed by atoms with Crippen LogP contribution in [0.3, 0.4) is 0 Å². The Hall–Kier alpha value is -0.210. The summed E-state index contributed by atoms with van der Waals surface area (Å²) in [4.78, 5) is 1.91. The van der Waals surface area contributed by atoms with E-state index in [4.69, 9.17) is 0 Å². The number of piperidine rings is 2. The molecule has 1 unspecified atom stereocenters. The molecule has 0 aliphatic carbocycles. The van der Waals surface area contributed by atoms with Crippen LogP contribution in [0.4, 0.5) is 0 Å². The molecule has 0 amide bonds. The standard InChI is InChI=1S/C13H27N3O3S/c1-14(2)11-13(17)7-6-10-16(12-13)20(18,19)15-8-4-3-5-9-15/h17H,3-12H2,1-2H3. The number of β-amino-alcohol motifs (C(OH)–C–C–N with tert-alkyl or cyclic N) is 1. The Labute approximate surface area is 122 Å². The van der Waals surface area contributed by atoms with E-state index in [-0.39, 0.29) is 6.54 Å². The maximum atomic E-state index is 12.6. The van der Waals surface area contributed by atoms with E-state index in [9.17, 15) is 13.5 Å². The monoisotopic (exact) mass is 305 g/mol. The Kier molecular flexibility index (Phi) is 5.07. The molecule has 1 N–H and O–H groups in total. The van der Waals surface area contributed by atoms with Crippen LogP contribution in [0, 0.1) is 0 Å². The smallest absolute Gasteiger partial charge is 0.282 e. The highest BCUT2D eigenvalue weighted by atomic mass is 32.2. The summed E-state index contributed by atoms with van der Waals surface area (Å²) in [6.45, 7) is 2.47. The number of aliphatic hydroxyl groups is 1. The molecule has 118 valence electrons. The Morgan fingerprint density at radius 1 is 1.05 bits per heavy atom. The highest BCUT2D eigenvalue weighted by Crippen LogP contribution is 2.26. The number of rotatable bonds is 4. The first kappa shape index (κ1) is 16.2. The molecule has 0 saturated carbocycles. The molecular formula is C13H27N3O3S. The summed E-state index contributed by atoms with van der Waals surface area (Å²) >= 11 is 0. The second-order valence-electron chi connectivity index (χ2n) is 6.37. The molecule has 0 radical (unpaired) electrons. The maximum absolute atomic E-state index is 12.6. The number of likely N-dealkylation sites (N-methyl/N-ethyl adjacent to an activating group) is 1. The minimum absolute atomic E-state index is 0.212. The van der Waals surface area contributed by atoms with Gasteiger partial charge in [0.15, 0.2) is 0 Å². The Bertz CT molecular complexity index is 421. The second-order valence-corrected chi connectivity index (χ2v) is 8.30. The van der Waals surface area contributed by atoms with Crippen molar-refractivity contribution in [1.29, 1.82) is 0 Å². The molecule has 20 heavy (non-hydrogen) atoms. The summed E-state index contributed by atoms with van der Waals surface area (Å²) in [6, 6.07) is 0. The van der Waals surface area contributed by atoms with Gasteiger partial charge in [-0.15, -0.1) is 0 Å². The summed E-state index contributed by atoms with van der Waals surface area (Å²) in [6.07, 6.45) is 4.37. The zero-order chi connectivity index (χ0) is 14.8. The number of hydrogen-bond donors (Lipinski definition) is 1. The van der Waals surface area contributed by atoms with Crippen LogP contribution in [0.15, 0.2) is 0 Å². The van der Waals surface area contributed by atoms with Gasteiger partial charge in [0.05, 0.1) is 5.60 Å². The van der Waals surface area contributed by atoms with E-state index in [0.717, 1.165) is 25.7 Å². The van der Waals surface area contributed by atoms with Crippen LogP contribution in [0.2, 0.25) is 0 Å². The first-order valence-electron chi connectivity index (χ1n) is 7.46. The van der Waals surface area contributed by atoms with Crippen molar-refractivity contribution in [2.24, 2.45) is 0 Å². The Balaban J connectivity index is 2.07. The molecule has 6 nitrogen and oxygen atoms in total. The van der Waals surface area contributed by atoms with Crippen molar-refractivity contribution in [3.05, 3.63) is 0 Å². The summed E-state index contributed by atoms with van der Waals surface area (Å²) in [7, 11) is 0.394. The largest absolute Gasteiger partial charge is 0.387 e. The lowest BCUT2D eigenvalue weighted by Crippen LogP contribution is -2.57. The topological polar surface area (TPSA) is 64.1 Å². The van der Waals surface area contributed by atoms with Crippen LogP contribution in [0.5, 0.6) is 0 Å². The van der Waals surface area contributed by atoms with E-state index in [1.54, 1.807) is 4.31 Å². The molecule has 0 aromatic heterocycles. The molecule has 2 aliphatic heterocycles. The fourth-order valence-electron chi connectivity index (χ4n) is 3.24. The zero-order valence-electron chi connectivity index (χ0n) is 12.6. The third-order valence-corrected chi connectivity index (χ3v) is 6.08. The highest BCUT2D eigenvalue weighted by Gasteiger charge is 2.40. The van der Waals surface area contributed by atoms with Crippen molar-refractivity contribution in [3.63, 3.8) is 0 Å². The molecule has 2 saturated heterocycles. The fraction of sp³-hybridized carbons (Fsp3) is 1.00. The van der Waals surface area contributed by atoms with Gasteiger partial charge in [-0.3, -0.25) is 0 Å². The van der Waals surface area contributed by atoms with Gasteiger partial charge >= 0.3 is 0 Å². The van der Waals surface area contributed by atoms with Crippen LogP contribution < -0.4 is 0 Å². The molecule has 0 aromatic rings. The van der Waals surface area contributed by atoms with E-state index in [2.05, 4.69) is 0 Å². The van der Waals surface area contributed by atoms with E-state index in [1.807, 2.05) is 19.0 Å². The Morgan fingerprint density at radius 3 is 2.25 bits per heavy atom. The van der Waals surface area contributed by atoms with Gasteiger partial charge in [-0.1, -0.05) is 6.42 Å².